The SMILES string of the molecule is COc1cc(C=O)cc([N+](=O)[O-])c1OCO. The molecular formula is C9H9NO6. The maximum absolute atomic E-state index is 10.7. The second-order valence-corrected chi connectivity index (χ2v) is 2.72. The second-order valence-electron chi connectivity index (χ2n) is 2.72. The molecule has 0 radical (unpaired) electrons. The highest BCUT2D eigenvalue weighted by atomic mass is 16.6. The molecule has 0 bridgehead atoms. The van der Waals surface area contributed by atoms with Crippen LogP contribution < -0.4 is 9.47 Å². The van der Waals surface area contributed by atoms with Gasteiger partial charge >= 0.3 is 5.69 Å². The minimum Gasteiger partial charge on any atom is -0.493 e. The molecule has 1 rings (SSSR count). The van der Waals surface area contributed by atoms with Gasteiger partial charge in [0.1, 0.15) is 6.29 Å². The fraction of sp³-hybridized carbons (Fsp3) is 0.222. The molecule has 0 saturated carbocycles. The van der Waals surface area contributed by atoms with E-state index in [1.807, 2.05) is 0 Å². The predicted octanol–water partition coefficient (Wildman–Crippen LogP) is 0.744. The van der Waals surface area contributed by atoms with Crippen molar-refractivity contribution in [2.45, 2.75) is 0 Å². The van der Waals surface area contributed by atoms with Crippen molar-refractivity contribution in [2.24, 2.45) is 0 Å². The Bertz CT molecular complexity index is 417. The molecule has 0 aromatic heterocycles. The second kappa shape index (κ2) is 5.08. The Kier molecular flexibility index (Phi) is 3.78. The van der Waals surface area contributed by atoms with Gasteiger partial charge in [-0.25, -0.2) is 0 Å². The molecule has 0 spiro atoms. The number of aldehydes is 1. The first-order valence-corrected chi connectivity index (χ1v) is 4.19. The summed E-state index contributed by atoms with van der Waals surface area (Å²) >= 11 is 0. The third-order valence-corrected chi connectivity index (χ3v) is 1.82. The molecule has 1 aromatic carbocycles. The molecular weight excluding hydrogens is 218 g/mol. The summed E-state index contributed by atoms with van der Waals surface area (Å²) in [7, 11) is 1.28. The van der Waals surface area contributed by atoms with Crippen molar-refractivity contribution in [1.82, 2.24) is 0 Å². The van der Waals surface area contributed by atoms with Crippen LogP contribution in [-0.2, 0) is 0 Å². The molecule has 0 aliphatic rings. The predicted molar refractivity (Wildman–Crippen MR) is 52.7 cm³/mol. The Morgan fingerprint density at radius 1 is 1.56 bits per heavy atom. The maximum Gasteiger partial charge on any atom is 0.315 e. The molecule has 0 unspecified atom stereocenters. The standard InChI is InChI=1S/C9H9NO6/c1-15-8-3-6(4-11)2-7(10(13)14)9(8)16-5-12/h2-4,12H,5H2,1H3. The lowest BCUT2D eigenvalue weighted by Crippen LogP contribution is -2.02. The molecule has 0 saturated heterocycles. The number of ether oxygens (including phenoxy) is 2. The van der Waals surface area contributed by atoms with Crippen LogP contribution in [0.15, 0.2) is 12.1 Å². The normalized spacial score (nSPS) is 9.62. The molecule has 16 heavy (non-hydrogen) atoms. The Morgan fingerprint density at radius 2 is 2.25 bits per heavy atom. The zero-order valence-corrected chi connectivity index (χ0v) is 8.37. The Hall–Kier alpha value is -2.15. The van der Waals surface area contributed by atoms with Gasteiger partial charge in [-0.15, -0.1) is 0 Å². The van der Waals surface area contributed by atoms with E-state index in [0.29, 0.717) is 6.29 Å². The van der Waals surface area contributed by atoms with Crippen molar-refractivity contribution in [3.05, 3.63) is 27.8 Å². The highest BCUT2D eigenvalue weighted by molar-refractivity contribution is 5.79. The fourth-order valence-corrected chi connectivity index (χ4v) is 1.17. The summed E-state index contributed by atoms with van der Waals surface area (Å²) in [6, 6.07) is 2.32. The third-order valence-electron chi connectivity index (χ3n) is 1.82. The van der Waals surface area contributed by atoms with E-state index in [9.17, 15) is 14.9 Å². The van der Waals surface area contributed by atoms with Gasteiger partial charge in [0.2, 0.25) is 5.75 Å². The van der Waals surface area contributed by atoms with Crippen molar-refractivity contribution >= 4 is 12.0 Å². The average Bonchev–Trinajstić information content (AvgIpc) is 2.29. The van der Waals surface area contributed by atoms with Crippen LogP contribution in [-0.4, -0.2) is 30.2 Å². The average molecular weight is 227 g/mol. The molecule has 1 N–H and O–H groups in total. The van der Waals surface area contributed by atoms with E-state index in [4.69, 9.17) is 14.6 Å². The van der Waals surface area contributed by atoms with Crippen LogP contribution >= 0.6 is 0 Å². The molecule has 0 fully saturated rings. The van der Waals surface area contributed by atoms with E-state index in [2.05, 4.69) is 0 Å². The monoisotopic (exact) mass is 227 g/mol. The topological polar surface area (TPSA) is 98.9 Å². The molecule has 0 aliphatic heterocycles. The van der Waals surface area contributed by atoms with Crippen LogP contribution in [0.1, 0.15) is 10.4 Å². The van der Waals surface area contributed by atoms with Crippen LogP contribution in [0.5, 0.6) is 11.5 Å². The summed E-state index contributed by atoms with van der Waals surface area (Å²) in [5.41, 5.74) is -0.343. The number of nitro groups is 1. The first kappa shape index (κ1) is 11.9. The van der Waals surface area contributed by atoms with Crippen LogP contribution in [0.3, 0.4) is 0 Å². The molecule has 7 heteroatoms. The van der Waals surface area contributed by atoms with E-state index in [0.717, 1.165) is 6.07 Å². The van der Waals surface area contributed by atoms with E-state index < -0.39 is 17.4 Å². The van der Waals surface area contributed by atoms with Gasteiger partial charge in [-0.1, -0.05) is 0 Å². The number of aliphatic hydroxyl groups excluding tert-OH is 1. The number of nitro benzene ring substituents is 1. The van der Waals surface area contributed by atoms with Crippen molar-refractivity contribution < 1.29 is 24.3 Å². The lowest BCUT2D eigenvalue weighted by atomic mass is 10.2. The van der Waals surface area contributed by atoms with Crippen LogP contribution in [0.25, 0.3) is 0 Å². The summed E-state index contributed by atoms with van der Waals surface area (Å²) in [6.45, 7) is -0.725. The van der Waals surface area contributed by atoms with Gasteiger partial charge in [0.15, 0.2) is 12.5 Å². The van der Waals surface area contributed by atoms with Gasteiger partial charge in [0.25, 0.3) is 0 Å². The number of hydrogen-bond acceptors (Lipinski definition) is 6. The zero-order chi connectivity index (χ0) is 12.1. The largest absolute Gasteiger partial charge is 0.493 e. The molecule has 0 amide bonds. The Morgan fingerprint density at radius 3 is 2.69 bits per heavy atom. The first-order chi connectivity index (χ1) is 7.63. The van der Waals surface area contributed by atoms with Gasteiger partial charge in [0, 0.05) is 11.6 Å². The minimum atomic E-state index is -0.725. The van der Waals surface area contributed by atoms with E-state index in [1.165, 1.54) is 13.2 Å². The fourth-order valence-electron chi connectivity index (χ4n) is 1.17. The number of hydrogen-bond donors (Lipinski definition) is 1. The number of methoxy groups -OCH3 is 1. The zero-order valence-electron chi connectivity index (χ0n) is 8.37. The lowest BCUT2D eigenvalue weighted by Gasteiger charge is -2.09. The quantitative estimate of drug-likeness (QED) is 0.345. The molecule has 1 aromatic rings. The van der Waals surface area contributed by atoms with E-state index in [-0.39, 0.29) is 17.1 Å². The molecule has 0 atom stereocenters. The number of aliphatic hydroxyl groups is 1. The van der Waals surface area contributed by atoms with Gasteiger partial charge in [0.05, 0.1) is 12.0 Å². The van der Waals surface area contributed by atoms with Crippen molar-refractivity contribution in [1.29, 1.82) is 0 Å². The molecule has 0 aliphatic carbocycles. The Labute approximate surface area is 90.4 Å². The highest BCUT2D eigenvalue weighted by Gasteiger charge is 2.21. The van der Waals surface area contributed by atoms with Gasteiger partial charge < -0.3 is 14.6 Å². The first-order valence-electron chi connectivity index (χ1n) is 4.19. The number of rotatable bonds is 5. The summed E-state index contributed by atoms with van der Waals surface area (Å²) in [5.74, 6) is -0.189. The maximum atomic E-state index is 10.7. The third kappa shape index (κ3) is 2.26. The van der Waals surface area contributed by atoms with Crippen molar-refractivity contribution in [2.75, 3.05) is 13.9 Å². The van der Waals surface area contributed by atoms with Crippen LogP contribution in [0.4, 0.5) is 5.69 Å². The van der Waals surface area contributed by atoms with Crippen LogP contribution in [0.2, 0.25) is 0 Å². The van der Waals surface area contributed by atoms with Crippen molar-refractivity contribution in [3.63, 3.8) is 0 Å². The number of carbonyl (C=O) groups excluding carboxylic acids is 1. The molecule has 7 nitrogen and oxygen atoms in total. The van der Waals surface area contributed by atoms with Crippen LogP contribution in [0, 0.1) is 10.1 Å². The summed E-state index contributed by atoms with van der Waals surface area (Å²) in [4.78, 5) is 20.5. The van der Waals surface area contributed by atoms with Gasteiger partial charge in [-0.3, -0.25) is 14.9 Å². The lowest BCUT2D eigenvalue weighted by molar-refractivity contribution is -0.386. The number of benzene rings is 1. The number of nitrogens with zero attached hydrogens (tertiary/aromatic N) is 1. The van der Waals surface area contributed by atoms with Gasteiger partial charge in [-0.05, 0) is 6.07 Å². The van der Waals surface area contributed by atoms with Gasteiger partial charge in [-0.2, -0.15) is 0 Å². The number of carbonyl (C=O) groups is 1. The van der Waals surface area contributed by atoms with E-state index in [1.54, 1.807) is 0 Å². The minimum absolute atomic E-state index is 0.0188. The van der Waals surface area contributed by atoms with E-state index >= 15 is 0 Å². The molecule has 0 heterocycles. The summed E-state index contributed by atoms with van der Waals surface area (Å²) < 4.78 is 9.52. The Balaban J connectivity index is 3.40. The summed E-state index contributed by atoms with van der Waals surface area (Å²) in [5, 5.41) is 19.3. The summed E-state index contributed by atoms with van der Waals surface area (Å²) in [6.07, 6.45) is 0.457. The van der Waals surface area contributed by atoms with Crippen molar-refractivity contribution in [3.8, 4) is 11.5 Å². The molecule has 86 valence electrons. The smallest absolute Gasteiger partial charge is 0.315 e. The highest BCUT2D eigenvalue weighted by Crippen LogP contribution is 2.37.